The van der Waals surface area contributed by atoms with E-state index in [0.717, 1.165) is 65.1 Å². The van der Waals surface area contributed by atoms with Crippen LogP contribution in [0.1, 0.15) is 145 Å². The molecule has 35 heavy (non-hydrogen) atoms. The highest BCUT2D eigenvalue weighted by molar-refractivity contribution is 5.04. The summed E-state index contributed by atoms with van der Waals surface area (Å²) in [6, 6.07) is 0. The van der Waals surface area contributed by atoms with E-state index in [1.807, 2.05) is 0 Å². The lowest BCUT2D eigenvalue weighted by molar-refractivity contribution is 0.0722. The van der Waals surface area contributed by atoms with Gasteiger partial charge in [0.2, 0.25) is 0 Å². The smallest absolute Gasteiger partial charge is 0.0349 e. The van der Waals surface area contributed by atoms with Crippen molar-refractivity contribution in [3.8, 4) is 0 Å². The Kier molecular flexibility index (Phi) is 7.82. The van der Waals surface area contributed by atoms with Gasteiger partial charge in [-0.2, -0.15) is 0 Å². The maximum absolute atomic E-state index is 2.54. The van der Waals surface area contributed by atoms with Gasteiger partial charge >= 0.3 is 0 Å². The lowest BCUT2D eigenvalue weighted by Gasteiger charge is -2.43. The third-order valence-corrected chi connectivity index (χ3v) is 13.2. The van der Waals surface area contributed by atoms with Crippen LogP contribution in [0, 0.1) is 75.9 Å². The van der Waals surface area contributed by atoms with Crippen LogP contribution >= 0.6 is 0 Å². The SMILES string of the molecule is CCCC1CC(CCC2C3CC(C(C)(C)C)CCC3C3CCC(C(C)(C)C)CC32)C2CCCCC12. The zero-order valence-corrected chi connectivity index (χ0v) is 25.0. The molecule has 5 fully saturated rings. The molecule has 0 N–H and O–H groups in total. The van der Waals surface area contributed by atoms with E-state index >= 15 is 0 Å². The average molecular weight is 483 g/mol. The molecule has 0 aliphatic heterocycles. The Morgan fingerprint density at radius 3 is 1.43 bits per heavy atom. The van der Waals surface area contributed by atoms with E-state index < -0.39 is 0 Å². The quantitative estimate of drug-likeness (QED) is 0.365. The van der Waals surface area contributed by atoms with Crippen molar-refractivity contribution in [1.82, 2.24) is 0 Å². The molecule has 5 aliphatic rings. The molecule has 0 radical (unpaired) electrons. The van der Waals surface area contributed by atoms with Crippen LogP contribution in [0.5, 0.6) is 0 Å². The third-order valence-electron chi connectivity index (χ3n) is 13.2. The van der Waals surface area contributed by atoms with Crippen LogP contribution in [0.4, 0.5) is 0 Å². The topological polar surface area (TPSA) is 0 Å². The minimum atomic E-state index is 0.505. The Bertz CT molecular complexity index is 652. The van der Waals surface area contributed by atoms with Gasteiger partial charge in [0, 0.05) is 0 Å². The monoisotopic (exact) mass is 482 g/mol. The molecule has 5 saturated carbocycles. The number of hydrogen-bond donors (Lipinski definition) is 0. The van der Waals surface area contributed by atoms with Crippen molar-refractivity contribution >= 4 is 0 Å². The molecule has 5 aliphatic carbocycles. The van der Waals surface area contributed by atoms with E-state index in [0.29, 0.717) is 10.8 Å². The molecular formula is C35H62. The van der Waals surface area contributed by atoms with E-state index in [1.54, 1.807) is 57.8 Å². The van der Waals surface area contributed by atoms with Crippen molar-refractivity contribution in [3.05, 3.63) is 0 Å². The van der Waals surface area contributed by atoms with Crippen LogP contribution < -0.4 is 0 Å². The summed E-state index contributed by atoms with van der Waals surface area (Å²) in [6.45, 7) is 17.7. The van der Waals surface area contributed by atoms with Gasteiger partial charge in [-0.3, -0.25) is 0 Å². The summed E-state index contributed by atoms with van der Waals surface area (Å²) in [5.41, 5.74) is 1.01. The predicted octanol–water partition coefficient (Wildman–Crippen LogP) is 10.8. The van der Waals surface area contributed by atoms with Gasteiger partial charge in [-0.25, -0.2) is 0 Å². The summed E-state index contributed by atoms with van der Waals surface area (Å²) in [6.07, 6.45) is 23.3. The largest absolute Gasteiger partial charge is 0.0654 e. The Morgan fingerprint density at radius 1 is 0.486 bits per heavy atom. The van der Waals surface area contributed by atoms with Crippen LogP contribution in [-0.2, 0) is 0 Å². The molecule has 5 rings (SSSR count). The van der Waals surface area contributed by atoms with E-state index in [2.05, 4.69) is 48.5 Å². The van der Waals surface area contributed by atoms with Crippen molar-refractivity contribution in [1.29, 1.82) is 0 Å². The van der Waals surface area contributed by atoms with Gasteiger partial charge in [-0.05, 0) is 147 Å². The van der Waals surface area contributed by atoms with Gasteiger partial charge in [-0.15, -0.1) is 0 Å². The Hall–Kier alpha value is 0. The van der Waals surface area contributed by atoms with Gasteiger partial charge in [0.1, 0.15) is 0 Å². The minimum Gasteiger partial charge on any atom is -0.0654 e. The lowest BCUT2D eigenvalue weighted by atomic mass is 9.62. The van der Waals surface area contributed by atoms with E-state index in [-0.39, 0.29) is 0 Å². The molecule has 202 valence electrons. The summed E-state index contributed by atoms with van der Waals surface area (Å²) in [5, 5.41) is 0. The standard InChI is InChI=1S/C35H62/c1-8-11-23-20-24(28-13-10-9-12-27(23)28)14-17-31-32-21-25(34(2,3)4)15-18-29(32)30-19-16-26(22-33(30)31)35(5,6)7/h23-33H,8-22H2,1-7H3. The van der Waals surface area contributed by atoms with Gasteiger partial charge in [0.05, 0.1) is 0 Å². The highest BCUT2D eigenvalue weighted by atomic mass is 14.6. The van der Waals surface area contributed by atoms with Crippen LogP contribution in [0.2, 0.25) is 0 Å². The zero-order valence-electron chi connectivity index (χ0n) is 25.0. The molecule has 0 amide bonds. The first-order chi connectivity index (χ1) is 16.6. The van der Waals surface area contributed by atoms with Gasteiger partial charge < -0.3 is 0 Å². The maximum atomic E-state index is 2.54. The van der Waals surface area contributed by atoms with Crippen molar-refractivity contribution < 1.29 is 0 Å². The second kappa shape index (κ2) is 10.3. The highest BCUT2D eigenvalue weighted by Crippen LogP contribution is 2.63. The molecule has 0 bridgehead atoms. The summed E-state index contributed by atoms with van der Waals surface area (Å²) >= 11 is 0. The molecule has 0 aromatic heterocycles. The first-order valence-electron chi connectivity index (χ1n) is 16.6. The fraction of sp³-hybridized carbons (Fsp3) is 1.00. The van der Waals surface area contributed by atoms with Crippen molar-refractivity contribution in [2.24, 2.45) is 75.9 Å². The predicted molar refractivity (Wildman–Crippen MR) is 152 cm³/mol. The number of hydrogen-bond acceptors (Lipinski definition) is 0. The molecule has 10 unspecified atom stereocenters. The molecule has 0 aromatic carbocycles. The lowest BCUT2D eigenvalue weighted by Crippen LogP contribution is -2.33. The summed E-state index contributed by atoms with van der Waals surface area (Å²) in [5.74, 6) is 11.7. The van der Waals surface area contributed by atoms with E-state index in [9.17, 15) is 0 Å². The second-order valence-corrected chi connectivity index (χ2v) is 16.8. The van der Waals surface area contributed by atoms with Crippen molar-refractivity contribution in [3.63, 3.8) is 0 Å². The highest BCUT2D eigenvalue weighted by Gasteiger charge is 2.55. The van der Waals surface area contributed by atoms with Crippen LogP contribution in [0.25, 0.3) is 0 Å². The molecule has 0 heterocycles. The van der Waals surface area contributed by atoms with Crippen molar-refractivity contribution in [2.45, 2.75) is 145 Å². The summed E-state index contributed by atoms with van der Waals surface area (Å²) in [4.78, 5) is 0. The summed E-state index contributed by atoms with van der Waals surface area (Å²) < 4.78 is 0. The van der Waals surface area contributed by atoms with Gasteiger partial charge in [0.25, 0.3) is 0 Å². The Balaban J connectivity index is 1.33. The van der Waals surface area contributed by atoms with Crippen LogP contribution in [0.15, 0.2) is 0 Å². The van der Waals surface area contributed by atoms with E-state index in [1.165, 1.54) is 38.5 Å². The Morgan fingerprint density at radius 2 is 0.971 bits per heavy atom. The fourth-order valence-corrected chi connectivity index (χ4v) is 11.4. The maximum Gasteiger partial charge on any atom is -0.0349 e. The van der Waals surface area contributed by atoms with Crippen LogP contribution in [0.3, 0.4) is 0 Å². The van der Waals surface area contributed by atoms with Crippen molar-refractivity contribution in [2.75, 3.05) is 0 Å². The second-order valence-electron chi connectivity index (χ2n) is 16.8. The first-order valence-corrected chi connectivity index (χ1v) is 16.6. The van der Waals surface area contributed by atoms with Gasteiger partial charge in [0.15, 0.2) is 0 Å². The van der Waals surface area contributed by atoms with E-state index in [4.69, 9.17) is 0 Å². The normalized spacial score (nSPS) is 46.2. The molecule has 0 heteroatoms. The zero-order chi connectivity index (χ0) is 25.0. The molecule has 0 nitrogen and oxygen atoms in total. The molecule has 0 saturated heterocycles. The van der Waals surface area contributed by atoms with Gasteiger partial charge in [-0.1, -0.05) is 74.1 Å². The van der Waals surface area contributed by atoms with Crippen LogP contribution in [-0.4, -0.2) is 0 Å². The molecule has 0 spiro atoms. The minimum absolute atomic E-state index is 0.505. The molecule has 0 aromatic rings. The third kappa shape index (κ3) is 5.31. The molecule has 10 atom stereocenters. The first kappa shape index (κ1) is 26.6. The number of rotatable bonds is 5. The molecular weight excluding hydrogens is 420 g/mol. The number of fused-ring (bicyclic) bond motifs is 4. The fourth-order valence-electron chi connectivity index (χ4n) is 11.4. The summed E-state index contributed by atoms with van der Waals surface area (Å²) in [7, 11) is 0. The average Bonchev–Trinajstić information content (AvgIpc) is 3.31. The Labute approximate surface area is 220 Å².